The highest BCUT2D eigenvalue weighted by molar-refractivity contribution is 7.47. The largest absolute Gasteiger partial charge is 0.472 e. The van der Waals surface area contributed by atoms with E-state index in [4.69, 9.17) is 9.05 Å². The van der Waals surface area contributed by atoms with Gasteiger partial charge in [0, 0.05) is 6.42 Å². The van der Waals surface area contributed by atoms with Crippen LogP contribution in [0.3, 0.4) is 0 Å². The molecule has 3 atom stereocenters. The molecule has 0 radical (unpaired) electrons. The van der Waals surface area contributed by atoms with Crippen LogP contribution in [0.2, 0.25) is 0 Å². The first-order valence-electron chi connectivity index (χ1n) is 25.5. The minimum atomic E-state index is -4.36. The molecule has 0 aromatic carbocycles. The molecule has 364 valence electrons. The van der Waals surface area contributed by atoms with Crippen LogP contribution < -0.4 is 5.32 Å². The third-order valence-electron chi connectivity index (χ3n) is 10.8. The Morgan fingerprint density at radius 3 is 1.46 bits per heavy atom. The van der Waals surface area contributed by atoms with Gasteiger partial charge in [0.15, 0.2) is 0 Å². The number of amides is 1. The number of carbonyl (C=O) groups excluding carboxylic acids is 1. The van der Waals surface area contributed by atoms with E-state index in [1.165, 1.54) is 96.3 Å². The summed E-state index contributed by atoms with van der Waals surface area (Å²) in [6, 6.07) is -0.875. The minimum absolute atomic E-state index is 0.0495. The number of rotatable bonds is 45. The zero-order valence-corrected chi connectivity index (χ0v) is 42.2. The Kier molecular flexibility index (Phi) is 43.2. The van der Waals surface area contributed by atoms with E-state index >= 15 is 0 Å². The lowest BCUT2D eigenvalue weighted by Gasteiger charge is -2.25. The molecular formula is C54H98N2O6P+. The molecule has 0 saturated carbocycles. The maximum atomic E-state index is 12.9. The Morgan fingerprint density at radius 1 is 0.556 bits per heavy atom. The summed E-state index contributed by atoms with van der Waals surface area (Å²) in [7, 11) is 1.53. The summed E-state index contributed by atoms with van der Waals surface area (Å²) in [5.74, 6) is -0.201. The molecular weight excluding hydrogens is 804 g/mol. The first-order valence-corrected chi connectivity index (χ1v) is 27.0. The maximum absolute atomic E-state index is 12.9. The van der Waals surface area contributed by atoms with E-state index in [2.05, 4.69) is 92.1 Å². The summed E-state index contributed by atoms with van der Waals surface area (Å²) in [5, 5.41) is 13.9. The number of allylic oxidation sites excluding steroid dienone is 13. The third-order valence-corrected chi connectivity index (χ3v) is 11.8. The normalized spacial score (nSPS) is 14.8. The van der Waals surface area contributed by atoms with Gasteiger partial charge in [-0.25, -0.2) is 4.57 Å². The molecule has 0 saturated heterocycles. The van der Waals surface area contributed by atoms with Crippen LogP contribution in [0.4, 0.5) is 0 Å². The van der Waals surface area contributed by atoms with Gasteiger partial charge in [-0.05, 0) is 77.0 Å². The third kappa shape index (κ3) is 47.5. The summed E-state index contributed by atoms with van der Waals surface area (Å²) in [4.78, 5) is 23.2. The number of aliphatic hydroxyl groups excluding tert-OH is 1. The van der Waals surface area contributed by atoms with E-state index in [9.17, 15) is 19.4 Å². The summed E-state index contributed by atoms with van der Waals surface area (Å²) >= 11 is 0. The van der Waals surface area contributed by atoms with E-state index < -0.39 is 20.0 Å². The number of phosphoric ester groups is 1. The van der Waals surface area contributed by atoms with E-state index in [1.54, 1.807) is 6.08 Å². The van der Waals surface area contributed by atoms with Crippen LogP contribution >= 0.6 is 7.82 Å². The maximum Gasteiger partial charge on any atom is 0.472 e. The number of likely N-dealkylation sites (N-methyl/N-ethyl adjacent to an activating group) is 1. The van der Waals surface area contributed by atoms with Gasteiger partial charge in [0.25, 0.3) is 0 Å². The van der Waals surface area contributed by atoms with Crippen molar-refractivity contribution in [3.8, 4) is 0 Å². The Morgan fingerprint density at radius 2 is 0.968 bits per heavy atom. The molecule has 1 amide bonds. The molecule has 9 heteroatoms. The van der Waals surface area contributed by atoms with Gasteiger partial charge in [0.05, 0.1) is 39.9 Å². The van der Waals surface area contributed by atoms with Crippen molar-refractivity contribution in [3.63, 3.8) is 0 Å². The fraction of sp³-hybridized carbons (Fsp3) is 0.722. The van der Waals surface area contributed by atoms with Crippen molar-refractivity contribution < 1.29 is 32.9 Å². The number of nitrogens with one attached hydrogen (secondary N) is 1. The Bertz CT molecular complexity index is 1300. The molecule has 0 bridgehead atoms. The molecule has 63 heavy (non-hydrogen) atoms. The van der Waals surface area contributed by atoms with Gasteiger partial charge in [-0.15, -0.1) is 0 Å². The molecule has 0 aliphatic heterocycles. The van der Waals surface area contributed by atoms with Crippen LogP contribution in [0.5, 0.6) is 0 Å². The number of hydrogen-bond acceptors (Lipinski definition) is 5. The van der Waals surface area contributed by atoms with E-state index in [0.717, 1.165) is 83.5 Å². The van der Waals surface area contributed by atoms with Crippen molar-refractivity contribution in [1.29, 1.82) is 0 Å². The molecule has 0 heterocycles. The van der Waals surface area contributed by atoms with Crippen molar-refractivity contribution in [3.05, 3.63) is 85.1 Å². The molecule has 8 nitrogen and oxygen atoms in total. The van der Waals surface area contributed by atoms with Crippen molar-refractivity contribution >= 4 is 13.7 Å². The summed E-state index contributed by atoms with van der Waals surface area (Å²) < 4.78 is 23.6. The topological polar surface area (TPSA) is 105 Å². The SMILES string of the molecule is CC/C=C\C/C=C\C/C=C\C/C=C\C/C=C\CCCCCCCCCC(=O)NC(COP(=O)(O)OCC[N+](C)(C)C)C(O)/C=C/CC/C=C/CCCCCCCCCCCCCC. The van der Waals surface area contributed by atoms with E-state index in [1.807, 2.05) is 27.2 Å². The second kappa shape index (κ2) is 44.9. The molecule has 0 rings (SSSR count). The first-order chi connectivity index (χ1) is 30.5. The average Bonchev–Trinajstić information content (AvgIpc) is 3.24. The Labute approximate surface area is 388 Å². The fourth-order valence-corrected chi connectivity index (χ4v) is 7.58. The average molecular weight is 902 g/mol. The molecule has 0 fully saturated rings. The van der Waals surface area contributed by atoms with Crippen LogP contribution in [0.1, 0.15) is 200 Å². The summed E-state index contributed by atoms with van der Waals surface area (Å²) in [6.07, 6.45) is 62.3. The fourth-order valence-electron chi connectivity index (χ4n) is 6.85. The second-order valence-corrected chi connectivity index (χ2v) is 19.6. The standard InChI is InChI=1S/C54H97N2O6P/c1-6-8-10-12-14-16-18-20-22-24-26-27-28-29-30-32-34-36-38-40-42-44-46-48-54(58)55-52(51-62-63(59,60)61-50-49-56(3,4)5)53(57)47-45-43-41-39-37-35-33-31-25-23-21-19-17-15-13-11-9-7-2/h8,10,14,16,20,22,26-27,29-30,37,39,45,47,52-53,57H,6-7,9,11-13,15,17-19,21,23-25,28,31-36,38,40-44,46,48-51H2,1-5H3,(H-,55,58,59,60)/p+1/b10-8-,16-14-,22-20-,27-26-,30-29-,39-37+,47-45+. The lowest BCUT2D eigenvalue weighted by molar-refractivity contribution is -0.870. The van der Waals surface area contributed by atoms with Gasteiger partial charge in [-0.1, -0.05) is 202 Å². The monoisotopic (exact) mass is 902 g/mol. The number of unbranched alkanes of at least 4 members (excludes halogenated alkanes) is 20. The summed E-state index contributed by atoms with van der Waals surface area (Å²) in [5.41, 5.74) is 0. The molecule has 0 aliphatic rings. The molecule has 0 spiro atoms. The quantitative estimate of drug-likeness (QED) is 0.0243. The number of hydrogen-bond donors (Lipinski definition) is 3. The number of carbonyl (C=O) groups is 1. The van der Waals surface area contributed by atoms with Gasteiger partial charge in [0.2, 0.25) is 5.91 Å². The lowest BCUT2D eigenvalue weighted by atomic mass is 10.0. The van der Waals surface area contributed by atoms with Crippen molar-refractivity contribution in [2.75, 3.05) is 40.9 Å². The van der Waals surface area contributed by atoms with Gasteiger partial charge >= 0.3 is 7.82 Å². The molecule has 0 aliphatic carbocycles. The van der Waals surface area contributed by atoms with Crippen LogP contribution in [0, 0.1) is 0 Å². The van der Waals surface area contributed by atoms with Crippen molar-refractivity contribution in [2.24, 2.45) is 0 Å². The van der Waals surface area contributed by atoms with Gasteiger partial charge in [0.1, 0.15) is 13.2 Å². The highest BCUT2D eigenvalue weighted by atomic mass is 31.2. The predicted octanol–water partition coefficient (Wildman–Crippen LogP) is 14.9. The van der Waals surface area contributed by atoms with E-state index in [0.29, 0.717) is 17.4 Å². The number of aliphatic hydroxyl groups is 1. The Balaban J connectivity index is 4.40. The smallest absolute Gasteiger partial charge is 0.387 e. The zero-order valence-electron chi connectivity index (χ0n) is 41.3. The van der Waals surface area contributed by atoms with Crippen molar-refractivity contribution in [1.82, 2.24) is 5.32 Å². The Hall–Kier alpha value is -2.32. The first kappa shape index (κ1) is 60.7. The molecule has 3 unspecified atom stereocenters. The van der Waals surface area contributed by atoms with Crippen LogP contribution in [-0.2, 0) is 18.4 Å². The molecule has 0 aromatic rings. The predicted molar refractivity (Wildman–Crippen MR) is 272 cm³/mol. The number of quaternary nitrogens is 1. The van der Waals surface area contributed by atoms with Crippen LogP contribution in [0.15, 0.2) is 85.1 Å². The second-order valence-electron chi connectivity index (χ2n) is 18.2. The summed E-state index contributed by atoms with van der Waals surface area (Å²) in [6.45, 7) is 4.66. The highest BCUT2D eigenvalue weighted by Gasteiger charge is 2.27. The van der Waals surface area contributed by atoms with Crippen LogP contribution in [0.25, 0.3) is 0 Å². The van der Waals surface area contributed by atoms with Gasteiger partial charge in [-0.3, -0.25) is 13.8 Å². The van der Waals surface area contributed by atoms with Crippen LogP contribution in [-0.4, -0.2) is 73.4 Å². The lowest BCUT2D eigenvalue weighted by Crippen LogP contribution is -2.45. The number of nitrogens with zero attached hydrogens (tertiary/aromatic N) is 1. The minimum Gasteiger partial charge on any atom is -0.387 e. The van der Waals surface area contributed by atoms with Gasteiger partial charge < -0.3 is 19.8 Å². The molecule has 3 N–H and O–H groups in total. The zero-order chi connectivity index (χ0) is 46.4. The number of phosphoric acid groups is 1. The van der Waals surface area contributed by atoms with Gasteiger partial charge in [-0.2, -0.15) is 0 Å². The van der Waals surface area contributed by atoms with Crippen molar-refractivity contribution in [2.45, 2.75) is 212 Å². The highest BCUT2D eigenvalue weighted by Crippen LogP contribution is 2.43. The molecule has 0 aromatic heterocycles. The van der Waals surface area contributed by atoms with E-state index in [-0.39, 0.29) is 19.1 Å².